The topological polar surface area (TPSA) is 81.8 Å². The molecule has 2 aromatic heterocycles. The quantitative estimate of drug-likeness (QED) is 0.700. The van der Waals surface area contributed by atoms with E-state index in [2.05, 4.69) is 14.9 Å². The van der Waals surface area contributed by atoms with Crippen LogP contribution in [0.4, 0.5) is 10.1 Å². The standard InChI is InChI=1S/C18H22FN5O2S/c1-5-23-11-17(12(2)20-23)27(25,26)22-18-13(3)21-24(14(18)4)10-15-6-8-16(19)9-7-15/h6-9,11,22H,5,10H2,1-4H3. The first kappa shape index (κ1) is 19.1. The molecule has 0 saturated carbocycles. The van der Waals surface area contributed by atoms with Gasteiger partial charge in [-0.3, -0.25) is 14.1 Å². The highest BCUT2D eigenvalue weighted by molar-refractivity contribution is 7.92. The predicted molar refractivity (Wildman–Crippen MR) is 101 cm³/mol. The Hall–Kier alpha value is -2.68. The van der Waals surface area contributed by atoms with Crippen molar-refractivity contribution in [1.82, 2.24) is 19.6 Å². The van der Waals surface area contributed by atoms with E-state index in [-0.39, 0.29) is 10.7 Å². The maximum Gasteiger partial charge on any atom is 0.265 e. The van der Waals surface area contributed by atoms with E-state index in [9.17, 15) is 12.8 Å². The number of aromatic nitrogens is 4. The summed E-state index contributed by atoms with van der Waals surface area (Å²) in [4.78, 5) is 0.148. The van der Waals surface area contributed by atoms with Crippen LogP contribution in [0.3, 0.4) is 0 Å². The first-order valence-electron chi connectivity index (χ1n) is 8.56. The van der Waals surface area contributed by atoms with E-state index in [4.69, 9.17) is 0 Å². The second-order valence-electron chi connectivity index (χ2n) is 6.37. The van der Waals surface area contributed by atoms with E-state index in [1.807, 2.05) is 6.92 Å². The second-order valence-corrected chi connectivity index (χ2v) is 8.02. The van der Waals surface area contributed by atoms with E-state index < -0.39 is 10.0 Å². The lowest BCUT2D eigenvalue weighted by Crippen LogP contribution is -2.15. The predicted octanol–water partition coefficient (Wildman–Crippen LogP) is 3.01. The minimum Gasteiger partial charge on any atom is -0.276 e. The fraction of sp³-hybridized carbons (Fsp3) is 0.333. The van der Waals surface area contributed by atoms with Crippen LogP contribution < -0.4 is 4.72 Å². The molecule has 9 heteroatoms. The van der Waals surface area contributed by atoms with Crippen LogP contribution in [0.2, 0.25) is 0 Å². The molecule has 1 aromatic carbocycles. The maximum atomic E-state index is 13.1. The molecule has 0 bridgehead atoms. The summed E-state index contributed by atoms with van der Waals surface area (Å²) in [6.07, 6.45) is 1.52. The van der Waals surface area contributed by atoms with Gasteiger partial charge in [0.1, 0.15) is 10.7 Å². The van der Waals surface area contributed by atoms with Gasteiger partial charge in [0, 0.05) is 12.7 Å². The number of aryl methyl sites for hydroxylation is 3. The molecule has 27 heavy (non-hydrogen) atoms. The van der Waals surface area contributed by atoms with Gasteiger partial charge in [-0.15, -0.1) is 0 Å². The highest BCUT2D eigenvalue weighted by Gasteiger charge is 2.23. The van der Waals surface area contributed by atoms with Gasteiger partial charge in [0.2, 0.25) is 0 Å². The third-order valence-corrected chi connectivity index (χ3v) is 5.83. The Balaban J connectivity index is 1.90. The molecule has 0 fully saturated rings. The Labute approximate surface area is 157 Å². The number of sulfonamides is 1. The van der Waals surface area contributed by atoms with Crippen LogP contribution in [0.15, 0.2) is 35.4 Å². The van der Waals surface area contributed by atoms with Crippen molar-refractivity contribution in [3.05, 3.63) is 58.9 Å². The normalized spacial score (nSPS) is 11.7. The largest absolute Gasteiger partial charge is 0.276 e. The minimum atomic E-state index is -3.78. The molecular formula is C18H22FN5O2S. The first-order valence-corrected chi connectivity index (χ1v) is 10.0. The molecule has 0 aliphatic heterocycles. The van der Waals surface area contributed by atoms with Gasteiger partial charge in [0.25, 0.3) is 10.0 Å². The summed E-state index contributed by atoms with van der Waals surface area (Å²) >= 11 is 0. The van der Waals surface area contributed by atoms with Crippen LogP contribution in [-0.2, 0) is 23.1 Å². The summed E-state index contributed by atoms with van der Waals surface area (Å²) in [6, 6.07) is 6.13. The number of hydrogen-bond donors (Lipinski definition) is 1. The van der Waals surface area contributed by atoms with Crippen LogP contribution in [0.25, 0.3) is 0 Å². The van der Waals surface area contributed by atoms with Crippen LogP contribution >= 0.6 is 0 Å². The number of benzene rings is 1. The first-order chi connectivity index (χ1) is 12.7. The molecule has 0 amide bonds. The zero-order valence-corrected chi connectivity index (χ0v) is 16.5. The third kappa shape index (κ3) is 3.87. The molecule has 3 aromatic rings. The highest BCUT2D eigenvalue weighted by atomic mass is 32.2. The van der Waals surface area contributed by atoms with Crippen molar-refractivity contribution in [3.63, 3.8) is 0 Å². The van der Waals surface area contributed by atoms with Crippen LogP contribution in [0.1, 0.15) is 29.6 Å². The van der Waals surface area contributed by atoms with Gasteiger partial charge in [-0.05, 0) is 45.4 Å². The second kappa shape index (κ2) is 7.15. The average molecular weight is 391 g/mol. The molecular weight excluding hydrogens is 369 g/mol. The Morgan fingerprint density at radius 2 is 1.74 bits per heavy atom. The molecule has 3 rings (SSSR count). The molecule has 0 unspecified atom stereocenters. The fourth-order valence-corrected chi connectivity index (χ4v) is 4.24. The van der Waals surface area contributed by atoms with E-state index in [1.54, 1.807) is 42.3 Å². The van der Waals surface area contributed by atoms with Gasteiger partial charge in [-0.2, -0.15) is 10.2 Å². The Bertz CT molecular complexity index is 1070. The lowest BCUT2D eigenvalue weighted by Gasteiger charge is -2.08. The molecule has 0 spiro atoms. The number of hydrogen-bond acceptors (Lipinski definition) is 4. The van der Waals surface area contributed by atoms with Gasteiger partial charge in [0.15, 0.2) is 0 Å². The lowest BCUT2D eigenvalue weighted by molar-refractivity contribution is 0.600. The minimum absolute atomic E-state index is 0.148. The zero-order valence-electron chi connectivity index (χ0n) is 15.7. The third-order valence-electron chi connectivity index (χ3n) is 4.38. The lowest BCUT2D eigenvalue weighted by atomic mass is 10.2. The Kier molecular flexibility index (Phi) is 5.05. The van der Waals surface area contributed by atoms with Crippen molar-refractivity contribution in [2.75, 3.05) is 4.72 Å². The summed E-state index contributed by atoms with van der Waals surface area (Å²) in [5.74, 6) is -0.302. The molecule has 7 nitrogen and oxygen atoms in total. The van der Waals surface area contributed by atoms with Crippen LogP contribution in [-0.4, -0.2) is 28.0 Å². The number of rotatable bonds is 6. The van der Waals surface area contributed by atoms with Crippen molar-refractivity contribution in [2.24, 2.45) is 0 Å². The molecule has 0 radical (unpaired) electrons. The smallest absolute Gasteiger partial charge is 0.265 e. The van der Waals surface area contributed by atoms with E-state index in [0.717, 1.165) is 5.56 Å². The molecule has 1 N–H and O–H groups in total. The molecule has 0 atom stereocenters. The number of anilines is 1. The molecule has 0 saturated heterocycles. The monoisotopic (exact) mass is 391 g/mol. The Morgan fingerprint density at radius 3 is 2.33 bits per heavy atom. The number of halogens is 1. The van der Waals surface area contributed by atoms with Crippen LogP contribution in [0.5, 0.6) is 0 Å². The van der Waals surface area contributed by atoms with Gasteiger partial charge in [-0.25, -0.2) is 12.8 Å². The van der Waals surface area contributed by atoms with Crippen molar-refractivity contribution < 1.29 is 12.8 Å². The van der Waals surface area contributed by atoms with Gasteiger partial charge in [-0.1, -0.05) is 12.1 Å². The van der Waals surface area contributed by atoms with Crippen LogP contribution in [0, 0.1) is 26.6 Å². The maximum absolute atomic E-state index is 13.1. The van der Waals surface area contributed by atoms with Crippen molar-refractivity contribution in [1.29, 1.82) is 0 Å². The SMILES string of the molecule is CCn1cc(S(=O)(=O)Nc2c(C)nn(Cc3ccc(F)cc3)c2C)c(C)n1. The van der Waals surface area contributed by atoms with Crippen molar-refractivity contribution >= 4 is 15.7 Å². The molecule has 144 valence electrons. The molecule has 0 aliphatic rings. The van der Waals surface area contributed by atoms with E-state index in [1.165, 1.54) is 18.3 Å². The number of nitrogens with zero attached hydrogens (tertiary/aromatic N) is 4. The molecule has 0 aliphatic carbocycles. The summed E-state index contributed by atoms with van der Waals surface area (Å²) in [5, 5.41) is 8.62. The highest BCUT2D eigenvalue weighted by Crippen LogP contribution is 2.25. The van der Waals surface area contributed by atoms with Gasteiger partial charge >= 0.3 is 0 Å². The average Bonchev–Trinajstić information content (AvgIpc) is 3.12. The van der Waals surface area contributed by atoms with E-state index in [0.29, 0.717) is 35.9 Å². The van der Waals surface area contributed by atoms with E-state index >= 15 is 0 Å². The summed E-state index contributed by atoms with van der Waals surface area (Å²) < 4.78 is 44.6. The summed E-state index contributed by atoms with van der Waals surface area (Å²) in [7, 11) is -3.78. The Morgan fingerprint density at radius 1 is 1.07 bits per heavy atom. The van der Waals surface area contributed by atoms with Crippen molar-refractivity contribution in [3.8, 4) is 0 Å². The fourth-order valence-electron chi connectivity index (χ4n) is 2.88. The van der Waals surface area contributed by atoms with Crippen molar-refractivity contribution in [2.45, 2.75) is 45.7 Å². The summed E-state index contributed by atoms with van der Waals surface area (Å²) in [6.45, 7) is 8.10. The zero-order chi connectivity index (χ0) is 19.8. The van der Waals surface area contributed by atoms with Gasteiger partial charge in [0.05, 0.1) is 29.3 Å². The summed E-state index contributed by atoms with van der Waals surface area (Å²) in [5.41, 5.74) is 3.01. The molecule has 2 heterocycles. The number of nitrogens with one attached hydrogen (secondary N) is 1. The van der Waals surface area contributed by atoms with Gasteiger partial charge < -0.3 is 0 Å².